The Kier molecular flexibility index (Phi) is 4.23. The first-order valence-electron chi connectivity index (χ1n) is 9.80. The highest BCUT2D eigenvalue weighted by atomic mass is 15.6. The van der Waals surface area contributed by atoms with Gasteiger partial charge >= 0.3 is 0 Å². The predicted octanol–water partition coefficient (Wildman–Crippen LogP) is 4.46. The Morgan fingerprint density at radius 3 is 1.27 bits per heavy atom. The fourth-order valence-corrected chi connectivity index (χ4v) is 5.31. The van der Waals surface area contributed by atoms with Crippen LogP contribution in [0.3, 0.4) is 0 Å². The molecular weight excluding hydrogens is 318 g/mol. The van der Waals surface area contributed by atoms with E-state index in [2.05, 4.69) is 80.5 Å². The van der Waals surface area contributed by atoms with Gasteiger partial charge in [0.2, 0.25) is 0 Å². The fraction of sp³-hybridized carbons (Fsp3) is 0.478. The Morgan fingerprint density at radius 1 is 0.577 bits per heavy atom. The number of nitrogens with zero attached hydrogens (tertiary/aromatic N) is 3. The molecule has 2 heterocycles. The summed E-state index contributed by atoms with van der Waals surface area (Å²) in [5, 5.41) is 0. The van der Waals surface area contributed by atoms with Gasteiger partial charge in [-0.1, -0.05) is 35.4 Å². The second-order valence-electron chi connectivity index (χ2n) is 8.26. The Labute approximate surface area is 158 Å². The molecule has 0 aromatic heterocycles. The van der Waals surface area contributed by atoms with Crippen LogP contribution in [0, 0.1) is 41.5 Å². The molecule has 2 aromatic rings. The first kappa shape index (κ1) is 17.4. The number of anilines is 2. The van der Waals surface area contributed by atoms with Crippen molar-refractivity contribution in [3.63, 3.8) is 0 Å². The molecule has 2 saturated heterocycles. The lowest BCUT2D eigenvalue weighted by Crippen LogP contribution is -2.46. The maximum absolute atomic E-state index is 2.64. The van der Waals surface area contributed by atoms with Gasteiger partial charge in [-0.3, -0.25) is 4.90 Å². The van der Waals surface area contributed by atoms with E-state index in [1.807, 2.05) is 0 Å². The zero-order valence-electron chi connectivity index (χ0n) is 17.1. The van der Waals surface area contributed by atoms with Gasteiger partial charge in [0.25, 0.3) is 0 Å². The molecule has 0 bridgehead atoms. The van der Waals surface area contributed by atoms with Crippen molar-refractivity contribution < 1.29 is 0 Å². The lowest BCUT2D eigenvalue weighted by molar-refractivity contribution is 0.327. The summed E-state index contributed by atoms with van der Waals surface area (Å²) in [6.45, 7) is 18.0. The molecule has 0 N–H and O–H groups in total. The molecule has 0 radical (unpaired) electrons. The van der Waals surface area contributed by atoms with Crippen LogP contribution in [0.25, 0.3) is 0 Å². The number of hydrogen-bond acceptors (Lipinski definition) is 3. The van der Waals surface area contributed by atoms with Crippen LogP contribution >= 0.6 is 0 Å². The number of hydrogen-bond donors (Lipinski definition) is 0. The summed E-state index contributed by atoms with van der Waals surface area (Å²) in [5.74, 6) is 0. The van der Waals surface area contributed by atoms with Gasteiger partial charge in [-0.05, 0) is 63.8 Å². The molecule has 3 nitrogen and oxygen atoms in total. The van der Waals surface area contributed by atoms with Crippen LogP contribution in [-0.2, 0) is 0 Å². The van der Waals surface area contributed by atoms with Crippen molar-refractivity contribution in [3.05, 3.63) is 57.6 Å². The smallest absolute Gasteiger partial charge is 0.160 e. The molecule has 2 aliphatic heterocycles. The van der Waals surface area contributed by atoms with Crippen LogP contribution in [0.4, 0.5) is 11.4 Å². The fourth-order valence-electron chi connectivity index (χ4n) is 5.31. The zero-order chi connectivity index (χ0) is 18.6. The molecule has 4 rings (SSSR count). The van der Waals surface area contributed by atoms with Crippen LogP contribution in [0.5, 0.6) is 0 Å². The number of rotatable bonds is 2. The zero-order valence-corrected chi connectivity index (χ0v) is 17.1. The topological polar surface area (TPSA) is 9.72 Å². The minimum absolute atomic E-state index is 0.343. The molecule has 138 valence electrons. The van der Waals surface area contributed by atoms with Crippen molar-refractivity contribution in [2.45, 2.75) is 47.8 Å². The predicted molar refractivity (Wildman–Crippen MR) is 111 cm³/mol. The maximum atomic E-state index is 2.64. The summed E-state index contributed by atoms with van der Waals surface area (Å²) in [6.07, 6.45) is 0.343. The van der Waals surface area contributed by atoms with E-state index < -0.39 is 0 Å². The van der Waals surface area contributed by atoms with Crippen molar-refractivity contribution >= 4 is 11.4 Å². The summed E-state index contributed by atoms with van der Waals surface area (Å²) in [7, 11) is 0. The van der Waals surface area contributed by atoms with E-state index >= 15 is 0 Å². The van der Waals surface area contributed by atoms with E-state index in [1.54, 1.807) is 0 Å². The van der Waals surface area contributed by atoms with Gasteiger partial charge in [0.15, 0.2) is 6.29 Å². The number of aryl methyl sites for hydroxylation is 6. The summed E-state index contributed by atoms with van der Waals surface area (Å²) >= 11 is 0. The van der Waals surface area contributed by atoms with Crippen molar-refractivity contribution in [3.8, 4) is 0 Å². The van der Waals surface area contributed by atoms with E-state index in [0.29, 0.717) is 6.29 Å². The average molecular weight is 350 g/mol. The minimum Gasteiger partial charge on any atom is -0.337 e. The van der Waals surface area contributed by atoms with Crippen molar-refractivity contribution in [1.29, 1.82) is 0 Å². The number of fused-ring (bicyclic) bond motifs is 1. The Bertz CT molecular complexity index is 739. The second kappa shape index (κ2) is 6.31. The van der Waals surface area contributed by atoms with E-state index in [4.69, 9.17) is 0 Å². The lowest BCUT2D eigenvalue weighted by atomic mass is 10.0. The first-order valence-corrected chi connectivity index (χ1v) is 9.80. The van der Waals surface area contributed by atoms with Crippen LogP contribution < -0.4 is 9.80 Å². The summed E-state index contributed by atoms with van der Waals surface area (Å²) in [4.78, 5) is 7.91. The SMILES string of the molecule is Cc1cc(C)c(N2CCN3CCN(c4c(C)cc(C)cc4C)C32)c(C)c1. The van der Waals surface area contributed by atoms with Crippen LogP contribution in [-0.4, -0.2) is 37.4 Å². The largest absolute Gasteiger partial charge is 0.337 e. The molecule has 26 heavy (non-hydrogen) atoms. The highest BCUT2D eigenvalue weighted by Crippen LogP contribution is 2.38. The van der Waals surface area contributed by atoms with Crippen molar-refractivity contribution in [1.82, 2.24) is 4.90 Å². The average Bonchev–Trinajstić information content (AvgIpc) is 3.09. The first-order chi connectivity index (χ1) is 12.4. The maximum Gasteiger partial charge on any atom is 0.160 e. The standard InChI is InChI=1S/C23H31N3/c1-15-11-17(3)21(18(4)12-15)25-9-7-24-8-10-26(23(24)25)22-19(5)13-16(2)14-20(22)6/h11-14,23H,7-10H2,1-6H3. The highest BCUT2D eigenvalue weighted by molar-refractivity contribution is 5.66. The molecule has 2 aromatic carbocycles. The van der Waals surface area contributed by atoms with E-state index in [1.165, 1.54) is 44.8 Å². The van der Waals surface area contributed by atoms with Crippen LogP contribution in [0.2, 0.25) is 0 Å². The molecule has 0 aliphatic carbocycles. The van der Waals surface area contributed by atoms with Crippen molar-refractivity contribution in [2.75, 3.05) is 36.0 Å². The van der Waals surface area contributed by atoms with Gasteiger partial charge in [0.05, 0.1) is 0 Å². The van der Waals surface area contributed by atoms with Crippen LogP contribution in [0.15, 0.2) is 24.3 Å². The van der Waals surface area contributed by atoms with Gasteiger partial charge in [-0.15, -0.1) is 0 Å². The molecule has 2 fully saturated rings. The monoisotopic (exact) mass is 349 g/mol. The van der Waals surface area contributed by atoms with Crippen LogP contribution in [0.1, 0.15) is 33.4 Å². The summed E-state index contributed by atoms with van der Waals surface area (Å²) in [6, 6.07) is 9.30. The molecule has 0 atom stereocenters. The van der Waals surface area contributed by atoms with E-state index in [9.17, 15) is 0 Å². The molecule has 2 aliphatic rings. The highest BCUT2D eigenvalue weighted by Gasteiger charge is 2.42. The Hall–Kier alpha value is -2.00. The molecule has 0 spiro atoms. The van der Waals surface area contributed by atoms with E-state index in [0.717, 1.165) is 26.2 Å². The Morgan fingerprint density at radius 2 is 0.923 bits per heavy atom. The lowest BCUT2D eigenvalue weighted by Gasteiger charge is -2.37. The Balaban J connectivity index is 1.78. The van der Waals surface area contributed by atoms with Crippen molar-refractivity contribution in [2.24, 2.45) is 0 Å². The number of benzene rings is 2. The molecule has 3 heteroatoms. The summed E-state index contributed by atoms with van der Waals surface area (Å²) < 4.78 is 0. The second-order valence-corrected chi connectivity index (χ2v) is 8.26. The van der Waals surface area contributed by atoms with Gasteiger partial charge in [0.1, 0.15) is 0 Å². The molecule has 0 unspecified atom stereocenters. The molecule has 0 saturated carbocycles. The van der Waals surface area contributed by atoms with E-state index in [-0.39, 0.29) is 0 Å². The third-order valence-corrected chi connectivity index (χ3v) is 5.99. The summed E-state index contributed by atoms with van der Waals surface area (Å²) in [5.41, 5.74) is 11.2. The molecular formula is C23H31N3. The third-order valence-electron chi connectivity index (χ3n) is 5.99. The quantitative estimate of drug-likeness (QED) is 0.792. The third kappa shape index (κ3) is 2.69. The van der Waals surface area contributed by atoms with Gasteiger partial charge < -0.3 is 9.80 Å². The van der Waals surface area contributed by atoms with Gasteiger partial charge in [-0.25, -0.2) is 0 Å². The minimum atomic E-state index is 0.343. The molecule has 0 amide bonds. The van der Waals surface area contributed by atoms with Gasteiger partial charge in [-0.2, -0.15) is 0 Å². The van der Waals surface area contributed by atoms with Gasteiger partial charge in [0, 0.05) is 37.6 Å². The normalized spacial score (nSPS) is 18.1.